The fourth-order valence-corrected chi connectivity index (χ4v) is 1.52. The Morgan fingerprint density at radius 1 is 1.67 bits per heavy atom. The molecule has 0 aromatic carbocycles. The molecule has 0 spiro atoms. The van der Waals surface area contributed by atoms with E-state index in [-0.39, 0.29) is 12.4 Å². The van der Waals surface area contributed by atoms with E-state index in [4.69, 9.17) is 4.74 Å². The number of carbonyl (C=O) groups excluding carboxylic acids is 1. The summed E-state index contributed by atoms with van der Waals surface area (Å²) in [6, 6.07) is 0. The quantitative estimate of drug-likeness (QED) is 0.656. The standard InChI is InChI=1S/C7H10N2O2S/c1-3-5-7(12-9-8-5)6(10)4-11-2/h3-4H2,1-2H3. The van der Waals surface area contributed by atoms with Gasteiger partial charge in [-0.05, 0) is 18.0 Å². The number of methoxy groups -OCH3 is 1. The number of aryl methyl sites for hydroxylation is 1. The molecule has 1 aromatic rings. The Labute approximate surface area is 74.7 Å². The van der Waals surface area contributed by atoms with Gasteiger partial charge in [-0.2, -0.15) is 0 Å². The predicted molar refractivity (Wildman–Crippen MR) is 45.5 cm³/mol. The van der Waals surface area contributed by atoms with Crippen LogP contribution < -0.4 is 0 Å². The lowest BCUT2D eigenvalue weighted by atomic mass is 10.2. The summed E-state index contributed by atoms with van der Waals surface area (Å²) in [5.74, 6) is -0.0376. The summed E-state index contributed by atoms with van der Waals surface area (Å²) >= 11 is 1.13. The Morgan fingerprint density at radius 2 is 2.42 bits per heavy atom. The van der Waals surface area contributed by atoms with Crippen LogP contribution in [0, 0.1) is 0 Å². The maximum absolute atomic E-state index is 11.3. The van der Waals surface area contributed by atoms with Crippen LogP contribution in [0.1, 0.15) is 22.3 Å². The van der Waals surface area contributed by atoms with Gasteiger partial charge in [-0.1, -0.05) is 11.4 Å². The second-order valence-corrected chi connectivity index (χ2v) is 3.01. The van der Waals surface area contributed by atoms with Crippen LogP contribution in [0.2, 0.25) is 0 Å². The van der Waals surface area contributed by atoms with Crippen molar-refractivity contribution in [3.8, 4) is 0 Å². The molecule has 0 aliphatic rings. The van der Waals surface area contributed by atoms with Gasteiger partial charge in [0.25, 0.3) is 0 Å². The van der Waals surface area contributed by atoms with Gasteiger partial charge in [-0.3, -0.25) is 4.79 Å². The lowest BCUT2D eigenvalue weighted by Crippen LogP contribution is -2.07. The highest BCUT2D eigenvalue weighted by molar-refractivity contribution is 7.08. The molecule has 12 heavy (non-hydrogen) atoms. The largest absolute Gasteiger partial charge is 0.376 e. The first-order valence-electron chi connectivity index (χ1n) is 3.63. The number of hydrogen-bond acceptors (Lipinski definition) is 5. The maximum Gasteiger partial charge on any atom is 0.201 e. The van der Waals surface area contributed by atoms with Gasteiger partial charge in [0.15, 0.2) is 0 Å². The molecule has 0 saturated carbocycles. The van der Waals surface area contributed by atoms with Crippen LogP contribution in [-0.2, 0) is 11.2 Å². The van der Waals surface area contributed by atoms with Gasteiger partial charge in [0.05, 0.1) is 5.69 Å². The molecule has 1 aromatic heterocycles. The van der Waals surface area contributed by atoms with Crippen molar-refractivity contribution in [2.24, 2.45) is 0 Å². The smallest absolute Gasteiger partial charge is 0.201 e. The van der Waals surface area contributed by atoms with Crippen LogP contribution in [0.3, 0.4) is 0 Å². The van der Waals surface area contributed by atoms with Gasteiger partial charge in [0.2, 0.25) is 5.78 Å². The van der Waals surface area contributed by atoms with E-state index in [0.717, 1.165) is 23.6 Å². The van der Waals surface area contributed by atoms with Gasteiger partial charge >= 0.3 is 0 Å². The molecule has 0 radical (unpaired) electrons. The molecule has 0 amide bonds. The molecule has 0 fully saturated rings. The Balaban J connectivity index is 2.79. The first kappa shape index (κ1) is 9.28. The van der Waals surface area contributed by atoms with Crippen molar-refractivity contribution in [2.45, 2.75) is 13.3 Å². The molecule has 1 rings (SSSR count). The van der Waals surface area contributed by atoms with Crippen LogP contribution in [0.15, 0.2) is 0 Å². The van der Waals surface area contributed by atoms with E-state index >= 15 is 0 Å². The highest BCUT2D eigenvalue weighted by Crippen LogP contribution is 2.11. The summed E-state index contributed by atoms with van der Waals surface area (Å²) in [5.41, 5.74) is 0.766. The van der Waals surface area contributed by atoms with Gasteiger partial charge < -0.3 is 4.74 Å². The molecule has 0 N–H and O–H groups in total. The van der Waals surface area contributed by atoms with Crippen LogP contribution in [-0.4, -0.2) is 29.1 Å². The number of rotatable bonds is 4. The number of carbonyl (C=O) groups is 1. The van der Waals surface area contributed by atoms with E-state index < -0.39 is 0 Å². The van der Waals surface area contributed by atoms with Gasteiger partial charge in [0, 0.05) is 7.11 Å². The molecule has 0 aliphatic carbocycles. The Hall–Kier alpha value is -0.810. The fraction of sp³-hybridized carbons (Fsp3) is 0.571. The van der Waals surface area contributed by atoms with Crippen molar-refractivity contribution in [1.29, 1.82) is 0 Å². The van der Waals surface area contributed by atoms with E-state index in [9.17, 15) is 4.79 Å². The average Bonchev–Trinajstić information content (AvgIpc) is 2.51. The summed E-state index contributed by atoms with van der Waals surface area (Å²) in [7, 11) is 1.50. The van der Waals surface area contributed by atoms with Crippen molar-refractivity contribution >= 4 is 17.3 Å². The zero-order valence-electron chi connectivity index (χ0n) is 7.03. The third-order valence-corrected chi connectivity index (χ3v) is 2.23. The minimum absolute atomic E-state index is 0.0376. The van der Waals surface area contributed by atoms with Crippen LogP contribution in [0.25, 0.3) is 0 Å². The molecule has 0 unspecified atom stereocenters. The van der Waals surface area contributed by atoms with Crippen molar-refractivity contribution in [2.75, 3.05) is 13.7 Å². The maximum atomic E-state index is 11.3. The topological polar surface area (TPSA) is 52.1 Å². The first-order chi connectivity index (χ1) is 5.79. The highest BCUT2D eigenvalue weighted by Gasteiger charge is 2.13. The van der Waals surface area contributed by atoms with E-state index in [1.54, 1.807) is 0 Å². The van der Waals surface area contributed by atoms with Crippen molar-refractivity contribution in [3.63, 3.8) is 0 Å². The molecular formula is C7H10N2O2S. The lowest BCUT2D eigenvalue weighted by Gasteiger charge is -1.95. The Kier molecular flexibility index (Phi) is 3.31. The molecule has 0 bridgehead atoms. The molecule has 0 aliphatic heterocycles. The Morgan fingerprint density at radius 3 is 3.00 bits per heavy atom. The number of nitrogens with zero attached hydrogens (tertiary/aromatic N) is 2. The molecule has 5 heteroatoms. The molecule has 1 heterocycles. The van der Waals surface area contributed by atoms with E-state index in [0.29, 0.717) is 4.88 Å². The van der Waals surface area contributed by atoms with Crippen LogP contribution in [0.5, 0.6) is 0 Å². The van der Waals surface area contributed by atoms with Crippen LogP contribution in [0.4, 0.5) is 0 Å². The number of aromatic nitrogens is 2. The molecule has 66 valence electrons. The second-order valence-electron chi connectivity index (χ2n) is 2.26. The van der Waals surface area contributed by atoms with Crippen molar-refractivity contribution in [3.05, 3.63) is 10.6 Å². The third kappa shape index (κ3) is 1.86. The Bertz CT molecular complexity index is 272. The molecule has 0 atom stereocenters. The van der Waals surface area contributed by atoms with Gasteiger partial charge in [0.1, 0.15) is 11.5 Å². The predicted octanol–water partition coefficient (Wildman–Crippen LogP) is 0.930. The third-order valence-electron chi connectivity index (χ3n) is 1.42. The number of Topliss-reactive ketones (excluding diaryl/α,β-unsaturated/α-hetero) is 1. The van der Waals surface area contributed by atoms with Crippen LogP contribution >= 0.6 is 11.5 Å². The summed E-state index contributed by atoms with van der Waals surface area (Å²) in [6.45, 7) is 2.05. The number of ether oxygens (including phenoxy) is 1. The zero-order chi connectivity index (χ0) is 8.97. The summed E-state index contributed by atoms with van der Waals surface area (Å²) < 4.78 is 8.44. The van der Waals surface area contributed by atoms with Crippen molar-refractivity contribution < 1.29 is 9.53 Å². The number of ketones is 1. The molecule has 0 saturated heterocycles. The first-order valence-corrected chi connectivity index (χ1v) is 4.40. The second kappa shape index (κ2) is 4.27. The minimum Gasteiger partial charge on any atom is -0.376 e. The highest BCUT2D eigenvalue weighted by atomic mass is 32.1. The summed E-state index contributed by atoms with van der Waals surface area (Å²) in [6.07, 6.45) is 0.737. The van der Waals surface area contributed by atoms with E-state index in [1.165, 1.54) is 7.11 Å². The summed E-state index contributed by atoms with van der Waals surface area (Å²) in [4.78, 5) is 11.9. The minimum atomic E-state index is -0.0376. The number of hydrogen-bond donors (Lipinski definition) is 0. The van der Waals surface area contributed by atoms with Gasteiger partial charge in [-0.25, -0.2) is 0 Å². The summed E-state index contributed by atoms with van der Waals surface area (Å²) in [5, 5.41) is 3.83. The zero-order valence-corrected chi connectivity index (χ0v) is 7.85. The normalized spacial score (nSPS) is 10.2. The molecule has 4 nitrogen and oxygen atoms in total. The SMILES string of the molecule is CCc1nnsc1C(=O)COC. The van der Waals surface area contributed by atoms with E-state index in [1.807, 2.05) is 6.92 Å². The monoisotopic (exact) mass is 186 g/mol. The average molecular weight is 186 g/mol. The fourth-order valence-electron chi connectivity index (χ4n) is 0.848. The molecular weight excluding hydrogens is 176 g/mol. The van der Waals surface area contributed by atoms with E-state index in [2.05, 4.69) is 9.59 Å². The van der Waals surface area contributed by atoms with Gasteiger partial charge in [-0.15, -0.1) is 5.10 Å². The lowest BCUT2D eigenvalue weighted by molar-refractivity contribution is 0.0851. The van der Waals surface area contributed by atoms with Crippen molar-refractivity contribution in [1.82, 2.24) is 9.59 Å².